The van der Waals surface area contributed by atoms with Gasteiger partial charge in [-0.05, 0) is 18.2 Å². The first-order valence-electron chi connectivity index (χ1n) is 7.26. The van der Waals surface area contributed by atoms with Gasteiger partial charge in [0.15, 0.2) is 6.10 Å². The average molecular weight is 295 g/mol. The molecule has 2 aromatic rings. The van der Waals surface area contributed by atoms with Crippen molar-refractivity contribution >= 4 is 0 Å². The second-order valence-corrected chi connectivity index (χ2v) is 5.05. The summed E-state index contributed by atoms with van der Waals surface area (Å²) in [7, 11) is 0. The van der Waals surface area contributed by atoms with E-state index in [1.165, 1.54) is 0 Å². The fourth-order valence-electron chi connectivity index (χ4n) is 2.48. The van der Waals surface area contributed by atoms with Gasteiger partial charge in [-0.25, -0.2) is 0 Å². The van der Waals surface area contributed by atoms with Gasteiger partial charge in [0.1, 0.15) is 17.9 Å². The van der Waals surface area contributed by atoms with Gasteiger partial charge < -0.3 is 14.8 Å². The van der Waals surface area contributed by atoms with E-state index >= 15 is 0 Å². The molecule has 0 saturated carbocycles. The van der Waals surface area contributed by atoms with Crippen molar-refractivity contribution < 1.29 is 9.47 Å². The second kappa shape index (κ2) is 7.03. The quantitative estimate of drug-likeness (QED) is 0.935. The van der Waals surface area contributed by atoms with Crippen molar-refractivity contribution in [3.8, 4) is 11.8 Å². The molecule has 1 aromatic carbocycles. The molecule has 1 N–H and O–H groups in total. The molecule has 3 rings (SSSR count). The lowest BCUT2D eigenvalue weighted by atomic mass is 10.0. The highest BCUT2D eigenvalue weighted by molar-refractivity contribution is 5.43. The maximum atomic E-state index is 9.23. The molecule has 0 bridgehead atoms. The number of aromatic nitrogens is 1. The SMILES string of the molecule is N#Cc1ccccc1OC(c1cccnc1)C1CNCCO1. The zero-order valence-electron chi connectivity index (χ0n) is 12.1. The van der Waals surface area contributed by atoms with E-state index in [4.69, 9.17) is 9.47 Å². The van der Waals surface area contributed by atoms with Crippen LogP contribution in [0.25, 0.3) is 0 Å². The summed E-state index contributed by atoms with van der Waals surface area (Å²) in [6.07, 6.45) is 3.07. The molecule has 22 heavy (non-hydrogen) atoms. The Kier molecular flexibility index (Phi) is 4.64. The van der Waals surface area contributed by atoms with Gasteiger partial charge in [0.25, 0.3) is 0 Å². The van der Waals surface area contributed by atoms with Crippen LogP contribution in [-0.2, 0) is 4.74 Å². The number of nitrogens with one attached hydrogen (secondary N) is 1. The summed E-state index contributed by atoms with van der Waals surface area (Å²) in [5.74, 6) is 0.563. The number of hydrogen-bond acceptors (Lipinski definition) is 5. The highest BCUT2D eigenvalue weighted by atomic mass is 16.5. The summed E-state index contributed by atoms with van der Waals surface area (Å²) in [5.41, 5.74) is 1.45. The van der Waals surface area contributed by atoms with Crippen LogP contribution < -0.4 is 10.1 Å². The molecule has 1 aliphatic heterocycles. The van der Waals surface area contributed by atoms with E-state index < -0.39 is 0 Å². The monoisotopic (exact) mass is 295 g/mol. The van der Waals surface area contributed by atoms with Gasteiger partial charge >= 0.3 is 0 Å². The Morgan fingerprint density at radius 2 is 2.23 bits per heavy atom. The van der Waals surface area contributed by atoms with Gasteiger partial charge in [0, 0.05) is 31.0 Å². The topological polar surface area (TPSA) is 67.2 Å². The number of rotatable bonds is 4. The van der Waals surface area contributed by atoms with Gasteiger partial charge in [0.2, 0.25) is 0 Å². The van der Waals surface area contributed by atoms with Crippen LogP contribution in [0.1, 0.15) is 17.2 Å². The van der Waals surface area contributed by atoms with E-state index in [1.54, 1.807) is 24.5 Å². The van der Waals surface area contributed by atoms with E-state index in [9.17, 15) is 5.26 Å². The van der Waals surface area contributed by atoms with Crippen LogP contribution in [0.5, 0.6) is 5.75 Å². The maximum absolute atomic E-state index is 9.23. The minimum atomic E-state index is -0.309. The van der Waals surface area contributed by atoms with Crippen LogP contribution >= 0.6 is 0 Å². The Morgan fingerprint density at radius 3 is 2.95 bits per heavy atom. The first-order valence-corrected chi connectivity index (χ1v) is 7.26. The van der Waals surface area contributed by atoms with Gasteiger partial charge in [-0.3, -0.25) is 4.98 Å². The lowest BCUT2D eigenvalue weighted by Gasteiger charge is -2.31. The Bertz CT molecular complexity index is 648. The average Bonchev–Trinajstić information content (AvgIpc) is 2.61. The molecule has 0 radical (unpaired) electrons. The first-order chi connectivity index (χ1) is 10.9. The van der Waals surface area contributed by atoms with Crippen molar-refractivity contribution in [2.75, 3.05) is 19.7 Å². The molecule has 112 valence electrons. The third-order valence-electron chi connectivity index (χ3n) is 3.57. The third kappa shape index (κ3) is 3.25. The van der Waals surface area contributed by atoms with Crippen LogP contribution in [0.4, 0.5) is 0 Å². The van der Waals surface area contributed by atoms with E-state index in [0.717, 1.165) is 12.1 Å². The fraction of sp³-hybridized carbons (Fsp3) is 0.294. The second-order valence-electron chi connectivity index (χ2n) is 5.05. The standard InChI is InChI=1S/C17H17N3O2/c18-10-13-4-1-2-6-15(13)22-17(14-5-3-7-19-11-14)16-12-20-8-9-21-16/h1-7,11,16-17,20H,8-9,12H2. The predicted octanol–water partition coefficient (Wildman–Crippen LogP) is 2.06. The number of ether oxygens (including phenoxy) is 2. The lowest BCUT2D eigenvalue weighted by Crippen LogP contribution is -2.43. The van der Waals surface area contributed by atoms with Crippen molar-refractivity contribution in [1.29, 1.82) is 5.26 Å². The Balaban J connectivity index is 1.90. The molecule has 1 fully saturated rings. The zero-order valence-corrected chi connectivity index (χ0v) is 12.1. The smallest absolute Gasteiger partial charge is 0.153 e. The van der Waals surface area contributed by atoms with Gasteiger partial charge in [-0.2, -0.15) is 5.26 Å². The highest BCUT2D eigenvalue weighted by Gasteiger charge is 2.28. The molecule has 1 aromatic heterocycles. The molecule has 5 nitrogen and oxygen atoms in total. The Hall–Kier alpha value is -2.42. The van der Waals surface area contributed by atoms with Gasteiger partial charge in [-0.15, -0.1) is 0 Å². The Morgan fingerprint density at radius 1 is 1.32 bits per heavy atom. The number of benzene rings is 1. The van der Waals surface area contributed by atoms with Crippen molar-refractivity contribution in [2.45, 2.75) is 12.2 Å². The van der Waals surface area contributed by atoms with Gasteiger partial charge in [-0.1, -0.05) is 18.2 Å². The Labute approximate surface area is 129 Å². The van der Waals surface area contributed by atoms with Crippen molar-refractivity contribution in [3.63, 3.8) is 0 Å². The molecule has 1 aliphatic rings. The summed E-state index contributed by atoms with van der Waals surface area (Å²) in [6.45, 7) is 2.18. The zero-order chi connectivity index (χ0) is 15.2. The van der Waals surface area contributed by atoms with Crippen LogP contribution in [0, 0.1) is 11.3 Å². The third-order valence-corrected chi connectivity index (χ3v) is 3.57. The normalized spacial score (nSPS) is 19.1. The van der Waals surface area contributed by atoms with Crippen LogP contribution in [0.15, 0.2) is 48.8 Å². The molecule has 5 heteroatoms. The molecule has 2 atom stereocenters. The number of para-hydroxylation sites is 1. The molecule has 0 aliphatic carbocycles. The molecular formula is C17H17N3O2. The number of nitrogens with zero attached hydrogens (tertiary/aromatic N) is 2. The van der Waals surface area contributed by atoms with Gasteiger partial charge in [0.05, 0.1) is 12.2 Å². The summed E-state index contributed by atoms with van der Waals surface area (Å²) in [4.78, 5) is 4.16. The summed E-state index contributed by atoms with van der Waals surface area (Å²) in [6, 6.07) is 13.2. The van der Waals surface area contributed by atoms with Crippen molar-refractivity contribution in [1.82, 2.24) is 10.3 Å². The summed E-state index contributed by atoms with van der Waals surface area (Å²) >= 11 is 0. The van der Waals surface area contributed by atoms with E-state index in [1.807, 2.05) is 24.3 Å². The largest absolute Gasteiger partial charge is 0.481 e. The fourth-order valence-corrected chi connectivity index (χ4v) is 2.48. The van der Waals surface area contributed by atoms with Crippen LogP contribution in [0.2, 0.25) is 0 Å². The molecule has 1 saturated heterocycles. The van der Waals surface area contributed by atoms with Crippen molar-refractivity contribution in [2.24, 2.45) is 0 Å². The summed E-state index contributed by atoms with van der Waals surface area (Å²) < 4.78 is 12.0. The molecule has 2 heterocycles. The minimum absolute atomic E-state index is 0.121. The number of hydrogen-bond donors (Lipinski definition) is 1. The number of morpholine rings is 1. The van der Waals surface area contributed by atoms with Crippen LogP contribution in [-0.4, -0.2) is 30.8 Å². The highest BCUT2D eigenvalue weighted by Crippen LogP contribution is 2.28. The lowest BCUT2D eigenvalue weighted by molar-refractivity contribution is -0.0434. The molecule has 0 spiro atoms. The predicted molar refractivity (Wildman–Crippen MR) is 81.4 cm³/mol. The van der Waals surface area contributed by atoms with E-state index in [-0.39, 0.29) is 12.2 Å². The van der Waals surface area contributed by atoms with Crippen molar-refractivity contribution in [3.05, 3.63) is 59.9 Å². The van der Waals surface area contributed by atoms with Crippen LogP contribution in [0.3, 0.4) is 0 Å². The molecule has 0 amide bonds. The van der Waals surface area contributed by atoms with E-state index in [2.05, 4.69) is 16.4 Å². The molecular weight excluding hydrogens is 278 g/mol. The maximum Gasteiger partial charge on any atom is 0.153 e. The minimum Gasteiger partial charge on any atom is -0.481 e. The molecule has 2 unspecified atom stereocenters. The number of nitriles is 1. The van der Waals surface area contributed by atoms with E-state index in [0.29, 0.717) is 24.5 Å². The summed E-state index contributed by atoms with van der Waals surface area (Å²) in [5, 5.41) is 12.5. The number of pyridine rings is 1. The first kappa shape index (κ1) is 14.5.